The molecule has 3 nitrogen and oxygen atoms in total. The molecule has 0 saturated heterocycles. The van der Waals surface area contributed by atoms with E-state index in [4.69, 9.17) is 4.74 Å². The molecule has 0 aromatic carbocycles. The number of hydrogen-bond donors (Lipinski definition) is 0. The van der Waals surface area contributed by atoms with Crippen molar-refractivity contribution in [3.8, 4) is 0 Å². The van der Waals surface area contributed by atoms with Crippen LogP contribution in [0.15, 0.2) is 12.2 Å². The minimum atomic E-state index is -0.572. The molecule has 0 radical (unpaired) electrons. The average molecular weight is 238 g/mol. The molecule has 1 rings (SSSR count). The smallest absolute Gasteiger partial charge is 0.333 e. The Morgan fingerprint density at radius 3 is 2.47 bits per heavy atom. The number of rotatable bonds is 2. The second-order valence-corrected chi connectivity index (χ2v) is 5.98. The van der Waals surface area contributed by atoms with E-state index in [9.17, 15) is 9.59 Å². The van der Waals surface area contributed by atoms with Gasteiger partial charge in [-0.2, -0.15) is 0 Å². The molecule has 96 valence electrons. The van der Waals surface area contributed by atoms with Crippen molar-refractivity contribution in [2.45, 2.75) is 53.1 Å². The van der Waals surface area contributed by atoms with Crippen LogP contribution in [0.5, 0.6) is 0 Å². The van der Waals surface area contributed by atoms with E-state index in [0.717, 1.165) is 6.42 Å². The maximum atomic E-state index is 11.7. The van der Waals surface area contributed by atoms with Crippen LogP contribution in [0.25, 0.3) is 0 Å². The van der Waals surface area contributed by atoms with Gasteiger partial charge in [0, 0.05) is 12.0 Å². The Bertz CT molecular complexity index is 336. The van der Waals surface area contributed by atoms with E-state index in [2.05, 4.69) is 27.4 Å². The van der Waals surface area contributed by atoms with E-state index in [1.165, 1.54) is 0 Å². The largest absolute Gasteiger partial charge is 0.451 e. The van der Waals surface area contributed by atoms with Crippen LogP contribution in [0.3, 0.4) is 0 Å². The number of ether oxygens (including phenoxy) is 1. The molecule has 17 heavy (non-hydrogen) atoms. The molecule has 1 fully saturated rings. The number of carbonyl (C=O) groups excluding carboxylic acids is 2. The Morgan fingerprint density at radius 2 is 2.00 bits per heavy atom. The summed E-state index contributed by atoms with van der Waals surface area (Å²) >= 11 is 0. The summed E-state index contributed by atoms with van der Waals surface area (Å²) in [6.07, 6.45) is 1.47. The highest BCUT2D eigenvalue weighted by Crippen LogP contribution is 2.37. The molecule has 0 spiro atoms. The fraction of sp³-hybridized carbons (Fsp3) is 0.714. The molecule has 1 saturated carbocycles. The highest BCUT2D eigenvalue weighted by molar-refractivity contribution is 5.91. The quantitative estimate of drug-likeness (QED) is 0.549. The van der Waals surface area contributed by atoms with Crippen molar-refractivity contribution in [1.29, 1.82) is 0 Å². The summed E-state index contributed by atoms with van der Waals surface area (Å²) in [6, 6.07) is 0. The molecule has 0 aliphatic heterocycles. The number of ketones is 1. The average Bonchev–Trinajstić information content (AvgIpc) is 2.19. The zero-order valence-corrected chi connectivity index (χ0v) is 11.2. The van der Waals surface area contributed by atoms with Crippen LogP contribution in [-0.2, 0) is 14.3 Å². The van der Waals surface area contributed by atoms with Crippen LogP contribution in [0.2, 0.25) is 0 Å². The van der Waals surface area contributed by atoms with Crippen molar-refractivity contribution in [1.82, 2.24) is 0 Å². The Balaban J connectivity index is 2.67. The summed E-state index contributed by atoms with van der Waals surface area (Å²) < 4.78 is 5.20. The first kappa shape index (κ1) is 13.9. The molecule has 3 heteroatoms. The summed E-state index contributed by atoms with van der Waals surface area (Å²) in [5.74, 6) is 0.00105. The zero-order valence-electron chi connectivity index (χ0n) is 11.2. The van der Waals surface area contributed by atoms with Gasteiger partial charge in [0.25, 0.3) is 0 Å². The van der Waals surface area contributed by atoms with E-state index in [1.54, 1.807) is 6.92 Å². The summed E-state index contributed by atoms with van der Waals surface area (Å²) in [5, 5.41) is 0. The molecule has 1 aliphatic rings. The highest BCUT2D eigenvalue weighted by atomic mass is 16.5. The van der Waals surface area contributed by atoms with Crippen LogP contribution in [0.1, 0.15) is 47.0 Å². The number of hydrogen-bond acceptors (Lipinski definition) is 3. The highest BCUT2D eigenvalue weighted by Gasteiger charge is 2.36. The van der Waals surface area contributed by atoms with Crippen molar-refractivity contribution in [2.75, 3.05) is 0 Å². The Hall–Kier alpha value is -1.12. The summed E-state index contributed by atoms with van der Waals surface area (Å²) in [7, 11) is 0. The van der Waals surface area contributed by atoms with Crippen LogP contribution in [0, 0.1) is 11.3 Å². The van der Waals surface area contributed by atoms with Crippen molar-refractivity contribution in [2.24, 2.45) is 11.3 Å². The standard InChI is InChI=1S/C14H22O3/c1-9(2)13(16)17-12-8-10(14(3,4)5)6-7-11(12)15/h10,12H,1,6-8H2,2-5H3/t10-,12-/m0/s1. The third kappa shape index (κ3) is 3.69. The van der Waals surface area contributed by atoms with Crippen LogP contribution < -0.4 is 0 Å². The van der Waals surface area contributed by atoms with Gasteiger partial charge >= 0.3 is 5.97 Å². The van der Waals surface area contributed by atoms with E-state index >= 15 is 0 Å². The Morgan fingerprint density at radius 1 is 1.41 bits per heavy atom. The molecule has 0 bridgehead atoms. The molecule has 0 amide bonds. The van der Waals surface area contributed by atoms with Gasteiger partial charge in [-0.05, 0) is 31.1 Å². The third-order valence-electron chi connectivity index (χ3n) is 3.42. The summed E-state index contributed by atoms with van der Waals surface area (Å²) in [6.45, 7) is 11.6. The van der Waals surface area contributed by atoms with Crippen LogP contribution >= 0.6 is 0 Å². The number of carbonyl (C=O) groups is 2. The number of Topliss-reactive ketones (excluding diaryl/α,β-unsaturated/α-hetero) is 1. The second-order valence-electron chi connectivity index (χ2n) is 5.98. The fourth-order valence-corrected chi connectivity index (χ4v) is 2.12. The third-order valence-corrected chi connectivity index (χ3v) is 3.42. The van der Waals surface area contributed by atoms with Gasteiger partial charge in [0.05, 0.1) is 0 Å². The molecule has 0 unspecified atom stereocenters. The van der Waals surface area contributed by atoms with Crippen LogP contribution in [0.4, 0.5) is 0 Å². The molecular weight excluding hydrogens is 216 g/mol. The van der Waals surface area contributed by atoms with Gasteiger partial charge in [0.1, 0.15) is 0 Å². The Kier molecular flexibility index (Phi) is 4.12. The maximum Gasteiger partial charge on any atom is 0.333 e. The van der Waals surface area contributed by atoms with Gasteiger partial charge in [-0.15, -0.1) is 0 Å². The first-order valence-electron chi connectivity index (χ1n) is 6.11. The zero-order chi connectivity index (χ0) is 13.2. The fourth-order valence-electron chi connectivity index (χ4n) is 2.12. The molecule has 0 aromatic rings. The van der Waals surface area contributed by atoms with E-state index in [1.807, 2.05) is 0 Å². The van der Waals surface area contributed by atoms with Gasteiger partial charge in [-0.1, -0.05) is 27.4 Å². The number of esters is 1. The first-order chi connectivity index (χ1) is 7.71. The summed E-state index contributed by atoms with van der Waals surface area (Å²) in [5.41, 5.74) is 0.491. The minimum Gasteiger partial charge on any atom is -0.451 e. The van der Waals surface area contributed by atoms with Gasteiger partial charge < -0.3 is 4.74 Å². The molecular formula is C14H22O3. The van der Waals surface area contributed by atoms with Crippen LogP contribution in [-0.4, -0.2) is 17.9 Å². The maximum absolute atomic E-state index is 11.7. The first-order valence-corrected chi connectivity index (χ1v) is 6.11. The monoisotopic (exact) mass is 238 g/mol. The van der Waals surface area contributed by atoms with Gasteiger partial charge in [-0.25, -0.2) is 4.79 Å². The lowest BCUT2D eigenvalue weighted by atomic mass is 9.71. The lowest BCUT2D eigenvalue weighted by Crippen LogP contribution is -2.38. The second kappa shape index (κ2) is 5.03. The van der Waals surface area contributed by atoms with E-state index in [0.29, 0.717) is 24.3 Å². The SMILES string of the molecule is C=C(C)C(=O)O[C@H]1C[C@@H](C(C)(C)C)CCC1=O. The summed E-state index contributed by atoms with van der Waals surface area (Å²) in [4.78, 5) is 23.2. The van der Waals surface area contributed by atoms with E-state index in [-0.39, 0.29) is 11.2 Å². The van der Waals surface area contributed by atoms with E-state index < -0.39 is 12.1 Å². The normalized spacial score (nSPS) is 25.5. The lowest BCUT2D eigenvalue weighted by Gasteiger charge is -2.36. The van der Waals surface area contributed by atoms with Crippen molar-refractivity contribution in [3.05, 3.63) is 12.2 Å². The minimum absolute atomic E-state index is 0.0418. The lowest BCUT2D eigenvalue weighted by molar-refractivity contribution is -0.155. The van der Waals surface area contributed by atoms with Crippen molar-refractivity contribution < 1.29 is 14.3 Å². The van der Waals surface area contributed by atoms with Crippen molar-refractivity contribution >= 4 is 11.8 Å². The van der Waals surface area contributed by atoms with Crippen molar-refractivity contribution in [3.63, 3.8) is 0 Å². The Labute approximate surface area is 103 Å². The molecule has 0 heterocycles. The molecule has 0 N–H and O–H groups in total. The molecule has 1 aliphatic carbocycles. The molecule has 0 aromatic heterocycles. The predicted octanol–water partition coefficient (Wildman–Crippen LogP) is 2.89. The predicted molar refractivity (Wildman–Crippen MR) is 66.5 cm³/mol. The van der Waals surface area contributed by atoms with Gasteiger partial charge in [0.2, 0.25) is 0 Å². The topological polar surface area (TPSA) is 43.4 Å². The van der Waals surface area contributed by atoms with Gasteiger partial charge in [-0.3, -0.25) is 4.79 Å². The molecule has 2 atom stereocenters. The van der Waals surface area contributed by atoms with Gasteiger partial charge in [0.15, 0.2) is 11.9 Å².